The van der Waals surface area contributed by atoms with Crippen LogP contribution < -0.4 is 14.2 Å². The monoisotopic (exact) mass is 726 g/mol. The van der Waals surface area contributed by atoms with Crippen molar-refractivity contribution in [3.05, 3.63) is 64.3 Å². The fourth-order valence-electron chi connectivity index (χ4n) is 4.96. The normalized spacial score (nSPS) is 11.4. The Kier molecular flexibility index (Phi) is 8.87. The van der Waals surface area contributed by atoms with Gasteiger partial charge < -0.3 is 14.2 Å². The van der Waals surface area contributed by atoms with Crippen LogP contribution in [0.4, 0.5) is 0 Å². The van der Waals surface area contributed by atoms with Crippen LogP contribution in [0.15, 0.2) is 13.4 Å². The number of rotatable bonds is 9. The largest absolute Gasteiger partial charge is 0.496 e. The summed E-state index contributed by atoms with van der Waals surface area (Å²) in [5.41, 5.74) is 8.39. The van der Waals surface area contributed by atoms with Gasteiger partial charge in [-0.05, 0) is 89.3 Å². The predicted octanol–water partition coefficient (Wildman–Crippen LogP) is 6.58. The minimum atomic E-state index is 0.441. The second-order valence-corrected chi connectivity index (χ2v) is 11.8. The summed E-state index contributed by atoms with van der Waals surface area (Å²) in [6.07, 6.45) is 0. The van der Waals surface area contributed by atoms with Crippen molar-refractivity contribution in [1.29, 1.82) is 0 Å². The third-order valence-electron chi connectivity index (χ3n) is 7.06. The lowest BCUT2D eigenvalue weighted by molar-refractivity contribution is 0.349. The van der Waals surface area contributed by atoms with Crippen molar-refractivity contribution in [3.63, 3.8) is 0 Å². The topological polar surface area (TPSA) is 81.1 Å². The molecule has 4 rings (SSSR count). The van der Waals surface area contributed by atoms with Gasteiger partial charge in [0, 0.05) is 0 Å². The van der Waals surface area contributed by atoms with Gasteiger partial charge in [-0.15, -0.1) is 0 Å². The van der Waals surface area contributed by atoms with Crippen LogP contribution in [0, 0.1) is 41.5 Å². The molecule has 0 amide bonds. The Hall–Kier alpha value is -2.31. The van der Waals surface area contributed by atoms with E-state index in [0.29, 0.717) is 36.9 Å². The van der Waals surface area contributed by atoms with E-state index in [1.165, 1.54) is 0 Å². The van der Waals surface area contributed by atoms with Gasteiger partial charge in [0.1, 0.15) is 17.2 Å². The zero-order valence-corrected chi connectivity index (χ0v) is 28.4. The first-order chi connectivity index (χ1) is 18.4. The third-order valence-corrected chi connectivity index (χ3v) is 10.5. The van der Waals surface area contributed by atoms with Crippen molar-refractivity contribution in [1.82, 2.24) is 29.3 Å². The van der Waals surface area contributed by atoms with Gasteiger partial charge in [0.05, 0.1) is 105 Å². The van der Waals surface area contributed by atoms with E-state index < -0.39 is 0 Å². The summed E-state index contributed by atoms with van der Waals surface area (Å²) in [4.78, 5) is 0. The van der Waals surface area contributed by atoms with E-state index in [9.17, 15) is 0 Å². The molecule has 39 heavy (non-hydrogen) atoms. The van der Waals surface area contributed by atoms with Crippen LogP contribution in [0.1, 0.15) is 50.9 Å². The van der Waals surface area contributed by atoms with Gasteiger partial charge in [0.2, 0.25) is 0 Å². The van der Waals surface area contributed by atoms with Crippen LogP contribution >= 0.6 is 47.8 Å². The number of ether oxygens (including phenoxy) is 3. The molecule has 1 aromatic carbocycles. The zero-order chi connectivity index (χ0) is 28.8. The molecule has 210 valence electrons. The molecule has 12 heteroatoms. The fraction of sp³-hybridized carbons (Fsp3) is 0.444. The lowest BCUT2D eigenvalue weighted by atomic mass is 9.99. The van der Waals surface area contributed by atoms with Gasteiger partial charge in [-0.3, -0.25) is 14.0 Å². The van der Waals surface area contributed by atoms with Crippen LogP contribution in [-0.2, 0) is 19.6 Å². The van der Waals surface area contributed by atoms with E-state index in [1.54, 1.807) is 21.3 Å². The van der Waals surface area contributed by atoms with Crippen LogP contribution in [0.2, 0.25) is 0 Å². The second kappa shape index (κ2) is 11.7. The fourth-order valence-corrected chi connectivity index (χ4v) is 5.81. The van der Waals surface area contributed by atoms with Crippen molar-refractivity contribution >= 4 is 47.8 Å². The predicted molar refractivity (Wildman–Crippen MR) is 162 cm³/mol. The molecule has 0 N–H and O–H groups in total. The van der Waals surface area contributed by atoms with Gasteiger partial charge in [-0.2, -0.15) is 15.3 Å². The molecule has 9 nitrogen and oxygen atoms in total. The summed E-state index contributed by atoms with van der Waals surface area (Å²) in [6.45, 7) is 13.4. The molecule has 0 aliphatic heterocycles. The molecule has 0 aliphatic rings. The molecule has 0 unspecified atom stereocenters. The molecule has 3 aromatic heterocycles. The average molecular weight is 729 g/mol. The quantitative estimate of drug-likeness (QED) is 0.194. The van der Waals surface area contributed by atoms with Crippen molar-refractivity contribution < 1.29 is 14.2 Å². The molecular formula is C27H33Br3N6O3. The van der Waals surface area contributed by atoms with Crippen molar-refractivity contribution in [2.45, 2.75) is 61.2 Å². The summed E-state index contributed by atoms with van der Waals surface area (Å²) >= 11 is 11.0. The zero-order valence-electron chi connectivity index (χ0n) is 23.7. The second-order valence-electron chi connectivity index (χ2n) is 9.46. The van der Waals surface area contributed by atoms with Crippen LogP contribution in [0.5, 0.6) is 17.2 Å². The Balaban J connectivity index is 2.02. The molecule has 0 spiro atoms. The van der Waals surface area contributed by atoms with Gasteiger partial charge in [0.25, 0.3) is 0 Å². The van der Waals surface area contributed by atoms with Gasteiger partial charge in [-0.25, -0.2) is 0 Å². The number of methoxy groups -OCH3 is 3. The highest BCUT2D eigenvalue weighted by Crippen LogP contribution is 2.45. The van der Waals surface area contributed by atoms with Crippen LogP contribution in [0.25, 0.3) is 0 Å². The Labute approximate surface area is 254 Å². The Morgan fingerprint density at radius 2 is 0.718 bits per heavy atom. The molecule has 3 heterocycles. The minimum absolute atomic E-state index is 0.441. The number of benzene rings is 1. The molecular weight excluding hydrogens is 696 g/mol. The Morgan fingerprint density at radius 3 is 0.872 bits per heavy atom. The van der Waals surface area contributed by atoms with Gasteiger partial charge >= 0.3 is 0 Å². The lowest BCUT2D eigenvalue weighted by Gasteiger charge is -2.25. The Morgan fingerprint density at radius 1 is 0.487 bits per heavy atom. The van der Waals surface area contributed by atoms with E-state index in [2.05, 4.69) is 47.8 Å². The summed E-state index contributed by atoms with van der Waals surface area (Å²) < 4.78 is 27.2. The minimum Gasteiger partial charge on any atom is -0.496 e. The molecule has 4 aromatic rings. The van der Waals surface area contributed by atoms with E-state index in [0.717, 1.165) is 64.3 Å². The SMILES string of the molecule is COc1c(Cn2nc(C)c(Br)c2C)c(OC)c(Cn2nc(C)c(Br)c2C)c(OC)c1Cn1nc(C)c(Br)c1C. The lowest BCUT2D eigenvalue weighted by Crippen LogP contribution is -2.16. The molecule has 0 atom stereocenters. The van der Waals surface area contributed by atoms with Crippen molar-refractivity contribution in [2.24, 2.45) is 0 Å². The highest BCUT2D eigenvalue weighted by atomic mass is 79.9. The first kappa shape index (κ1) is 29.7. The van der Waals surface area contributed by atoms with Crippen LogP contribution in [-0.4, -0.2) is 50.7 Å². The standard InChI is InChI=1S/C27H33Br3N6O3/c1-13-22(28)16(4)34(31-13)10-19-25(37-7)20(11-35-17(5)23(29)14(2)32-35)27(39-9)21(26(19)38-8)12-36-18(6)24(30)15(3)33-36/h10-12H2,1-9H3. The summed E-state index contributed by atoms with van der Waals surface area (Å²) in [5, 5.41) is 14.3. The summed E-state index contributed by atoms with van der Waals surface area (Å²) in [6, 6.07) is 0. The third kappa shape index (κ3) is 5.27. The maximum absolute atomic E-state index is 6.12. The van der Waals surface area contributed by atoms with E-state index in [4.69, 9.17) is 29.5 Å². The molecule has 0 bridgehead atoms. The molecule has 0 saturated carbocycles. The number of hydrogen-bond acceptors (Lipinski definition) is 6. The first-order valence-electron chi connectivity index (χ1n) is 12.4. The van der Waals surface area contributed by atoms with Crippen molar-refractivity contribution in [2.75, 3.05) is 21.3 Å². The number of aryl methyl sites for hydroxylation is 3. The van der Waals surface area contributed by atoms with E-state index >= 15 is 0 Å². The number of nitrogens with zero attached hydrogens (tertiary/aromatic N) is 6. The van der Waals surface area contributed by atoms with Crippen LogP contribution in [0.3, 0.4) is 0 Å². The van der Waals surface area contributed by atoms with Gasteiger partial charge in [0.15, 0.2) is 0 Å². The van der Waals surface area contributed by atoms with E-state index in [1.807, 2.05) is 55.6 Å². The maximum Gasteiger partial charge on any atom is 0.136 e. The molecule has 0 fully saturated rings. The summed E-state index contributed by atoms with van der Waals surface area (Å²) in [5.74, 6) is 2.03. The Bertz CT molecular complexity index is 1350. The first-order valence-corrected chi connectivity index (χ1v) is 14.7. The van der Waals surface area contributed by atoms with Gasteiger partial charge in [-0.1, -0.05) is 0 Å². The molecule has 0 aliphatic carbocycles. The van der Waals surface area contributed by atoms with Crippen molar-refractivity contribution in [3.8, 4) is 17.2 Å². The number of aromatic nitrogens is 6. The number of hydrogen-bond donors (Lipinski definition) is 0. The summed E-state index contributed by atoms with van der Waals surface area (Å²) in [7, 11) is 5.02. The number of halogens is 3. The highest BCUT2D eigenvalue weighted by molar-refractivity contribution is 9.11. The van der Waals surface area contributed by atoms with E-state index in [-0.39, 0.29) is 0 Å². The molecule has 0 radical (unpaired) electrons. The smallest absolute Gasteiger partial charge is 0.136 e. The molecule has 0 saturated heterocycles. The maximum atomic E-state index is 6.12. The average Bonchev–Trinajstić information content (AvgIpc) is 3.41. The highest BCUT2D eigenvalue weighted by Gasteiger charge is 2.29.